The van der Waals surface area contributed by atoms with E-state index in [2.05, 4.69) is 20.8 Å². The van der Waals surface area contributed by atoms with Gasteiger partial charge in [-0.05, 0) is 39.0 Å². The largest absolute Gasteiger partial charge is 0.351 e. The summed E-state index contributed by atoms with van der Waals surface area (Å²) < 4.78 is 13.8. The lowest BCUT2D eigenvalue weighted by Crippen LogP contribution is -2.41. The van der Waals surface area contributed by atoms with Crippen molar-refractivity contribution in [1.82, 2.24) is 15.5 Å². The van der Waals surface area contributed by atoms with Gasteiger partial charge >= 0.3 is 0 Å². The fourth-order valence-corrected chi connectivity index (χ4v) is 3.16. The van der Waals surface area contributed by atoms with Crippen LogP contribution in [0.15, 0.2) is 28.6 Å². The first kappa shape index (κ1) is 16.7. The summed E-state index contributed by atoms with van der Waals surface area (Å²) in [5.74, 6) is -0.0819. The van der Waals surface area contributed by atoms with Crippen molar-refractivity contribution in [1.29, 1.82) is 0 Å². The third-order valence-electron chi connectivity index (χ3n) is 2.32. The molecule has 0 aliphatic carbocycles. The van der Waals surface area contributed by atoms with Crippen molar-refractivity contribution < 1.29 is 9.18 Å². The van der Waals surface area contributed by atoms with Crippen LogP contribution >= 0.6 is 23.1 Å². The van der Waals surface area contributed by atoms with E-state index < -0.39 is 0 Å². The molecule has 0 unspecified atom stereocenters. The highest BCUT2D eigenvalue weighted by molar-refractivity contribution is 8.01. The summed E-state index contributed by atoms with van der Waals surface area (Å²) in [7, 11) is 0. The van der Waals surface area contributed by atoms with Crippen LogP contribution in [0.25, 0.3) is 0 Å². The van der Waals surface area contributed by atoms with E-state index in [-0.39, 0.29) is 23.0 Å². The van der Waals surface area contributed by atoms with Crippen LogP contribution in [0.1, 0.15) is 20.8 Å². The van der Waals surface area contributed by atoms with Crippen LogP contribution in [0.2, 0.25) is 0 Å². The van der Waals surface area contributed by atoms with Gasteiger partial charge in [0.2, 0.25) is 11.0 Å². The van der Waals surface area contributed by atoms with E-state index in [0.29, 0.717) is 15.2 Å². The summed E-state index contributed by atoms with van der Waals surface area (Å²) >= 11 is 2.64. The third kappa shape index (κ3) is 5.61. The molecule has 5 nitrogen and oxygen atoms in total. The molecule has 0 fully saturated rings. The Bertz CT molecular complexity index is 654. The van der Waals surface area contributed by atoms with Gasteiger partial charge in [0.25, 0.3) is 0 Å². The van der Waals surface area contributed by atoms with Crippen molar-refractivity contribution in [3.05, 3.63) is 30.1 Å². The number of hydrogen-bond donors (Lipinski definition) is 2. The highest BCUT2D eigenvalue weighted by atomic mass is 32.2. The average Bonchev–Trinajstić information content (AvgIpc) is 2.82. The second kappa shape index (κ2) is 7.06. The number of carbonyl (C=O) groups is 1. The summed E-state index contributed by atoms with van der Waals surface area (Å²) in [6.07, 6.45) is 0. The lowest BCUT2D eigenvalue weighted by Gasteiger charge is -2.19. The zero-order valence-corrected chi connectivity index (χ0v) is 14.1. The Morgan fingerprint density at radius 2 is 2.14 bits per heavy atom. The predicted molar refractivity (Wildman–Crippen MR) is 88.2 cm³/mol. The molecule has 0 aliphatic rings. The second-order valence-corrected chi connectivity index (χ2v) is 7.80. The van der Waals surface area contributed by atoms with Crippen LogP contribution in [0.5, 0.6) is 0 Å². The lowest BCUT2D eigenvalue weighted by molar-refractivity contribution is -0.119. The lowest BCUT2D eigenvalue weighted by atomic mass is 10.1. The van der Waals surface area contributed by atoms with Gasteiger partial charge in [-0.15, -0.1) is 10.2 Å². The molecule has 0 saturated heterocycles. The highest BCUT2D eigenvalue weighted by Crippen LogP contribution is 2.27. The number of hydrogen-bond acceptors (Lipinski definition) is 6. The summed E-state index contributed by atoms with van der Waals surface area (Å²) in [4.78, 5) is 11.7. The first-order valence-electron chi connectivity index (χ1n) is 6.62. The van der Waals surface area contributed by atoms with Gasteiger partial charge < -0.3 is 10.6 Å². The maximum Gasteiger partial charge on any atom is 0.230 e. The van der Waals surface area contributed by atoms with Gasteiger partial charge in [0.15, 0.2) is 4.34 Å². The molecule has 1 aromatic carbocycles. The molecule has 1 aromatic heterocycles. The number of nitrogens with zero attached hydrogens (tertiary/aromatic N) is 2. The normalized spacial score (nSPS) is 11.3. The fourth-order valence-electron chi connectivity index (χ4n) is 1.59. The molecular formula is C14H17FN4OS2. The van der Waals surface area contributed by atoms with Crippen molar-refractivity contribution >= 4 is 39.8 Å². The molecule has 2 aromatic rings. The molecule has 118 valence electrons. The maximum absolute atomic E-state index is 13.1. The van der Waals surface area contributed by atoms with E-state index in [1.165, 1.54) is 35.2 Å². The number of thioether (sulfide) groups is 1. The number of nitrogens with one attached hydrogen (secondary N) is 2. The van der Waals surface area contributed by atoms with Crippen LogP contribution < -0.4 is 10.6 Å². The Morgan fingerprint density at radius 1 is 1.36 bits per heavy atom. The topological polar surface area (TPSA) is 66.9 Å². The summed E-state index contributed by atoms with van der Waals surface area (Å²) in [5.41, 5.74) is 0.362. The minimum absolute atomic E-state index is 0.0488. The molecule has 1 heterocycles. The molecule has 2 rings (SSSR count). The minimum Gasteiger partial charge on any atom is -0.351 e. The zero-order chi connectivity index (χ0) is 16.2. The Hall–Kier alpha value is -1.67. The number of amides is 1. The van der Waals surface area contributed by atoms with Crippen LogP contribution in [0.4, 0.5) is 15.2 Å². The number of carbonyl (C=O) groups excluding carboxylic acids is 1. The Balaban J connectivity index is 1.88. The molecule has 0 saturated carbocycles. The van der Waals surface area contributed by atoms with E-state index in [4.69, 9.17) is 0 Å². The summed E-state index contributed by atoms with van der Waals surface area (Å²) in [5, 5.41) is 14.4. The maximum atomic E-state index is 13.1. The van der Waals surface area contributed by atoms with Gasteiger partial charge in [0, 0.05) is 11.2 Å². The van der Waals surface area contributed by atoms with Crippen molar-refractivity contribution in [3.8, 4) is 0 Å². The van der Waals surface area contributed by atoms with Crippen LogP contribution in [0.3, 0.4) is 0 Å². The number of anilines is 2. The van der Waals surface area contributed by atoms with Crippen LogP contribution in [-0.2, 0) is 4.79 Å². The molecule has 0 spiro atoms. The predicted octanol–water partition coefficient (Wildman–Crippen LogP) is 3.43. The van der Waals surface area contributed by atoms with E-state index in [0.717, 1.165) is 0 Å². The molecule has 0 bridgehead atoms. The minimum atomic E-state index is -0.317. The SMILES string of the molecule is CC(C)(C)NC(=O)CSc1nnc(Nc2cccc(F)c2)s1. The smallest absolute Gasteiger partial charge is 0.230 e. The first-order valence-corrected chi connectivity index (χ1v) is 8.42. The van der Waals surface area contributed by atoms with Gasteiger partial charge in [-0.1, -0.05) is 29.2 Å². The Labute approximate surface area is 136 Å². The molecular weight excluding hydrogens is 323 g/mol. The molecule has 0 aliphatic heterocycles. The van der Waals surface area contributed by atoms with Gasteiger partial charge in [-0.25, -0.2) is 4.39 Å². The van der Waals surface area contributed by atoms with Gasteiger partial charge in [0.05, 0.1) is 5.75 Å². The molecule has 8 heteroatoms. The van der Waals surface area contributed by atoms with E-state index in [9.17, 15) is 9.18 Å². The van der Waals surface area contributed by atoms with Gasteiger partial charge in [-0.3, -0.25) is 4.79 Å². The number of halogens is 1. The number of aromatic nitrogens is 2. The molecule has 0 radical (unpaired) electrons. The van der Waals surface area contributed by atoms with Crippen LogP contribution in [0, 0.1) is 5.82 Å². The molecule has 0 atom stereocenters. The zero-order valence-electron chi connectivity index (χ0n) is 12.5. The highest BCUT2D eigenvalue weighted by Gasteiger charge is 2.14. The van der Waals surface area contributed by atoms with E-state index >= 15 is 0 Å². The quantitative estimate of drug-likeness (QED) is 0.816. The van der Waals surface area contributed by atoms with Crippen LogP contribution in [-0.4, -0.2) is 27.4 Å². The van der Waals surface area contributed by atoms with Crippen molar-refractivity contribution in [2.75, 3.05) is 11.1 Å². The van der Waals surface area contributed by atoms with E-state index in [1.54, 1.807) is 12.1 Å². The first-order chi connectivity index (χ1) is 10.3. The molecule has 22 heavy (non-hydrogen) atoms. The fraction of sp³-hybridized carbons (Fsp3) is 0.357. The molecule has 1 amide bonds. The molecule has 2 N–H and O–H groups in total. The Morgan fingerprint density at radius 3 is 2.82 bits per heavy atom. The van der Waals surface area contributed by atoms with E-state index in [1.807, 2.05) is 20.8 Å². The third-order valence-corrected chi connectivity index (χ3v) is 4.30. The summed E-state index contributed by atoms with van der Waals surface area (Å²) in [6.45, 7) is 5.80. The van der Waals surface area contributed by atoms with Gasteiger partial charge in [0.1, 0.15) is 5.82 Å². The summed E-state index contributed by atoms with van der Waals surface area (Å²) in [6, 6.07) is 6.12. The van der Waals surface area contributed by atoms with Gasteiger partial charge in [-0.2, -0.15) is 0 Å². The number of benzene rings is 1. The second-order valence-electron chi connectivity index (χ2n) is 5.60. The van der Waals surface area contributed by atoms with Crippen molar-refractivity contribution in [2.45, 2.75) is 30.6 Å². The average molecular weight is 340 g/mol. The van der Waals surface area contributed by atoms with Crippen molar-refractivity contribution in [2.24, 2.45) is 0 Å². The Kier molecular flexibility index (Phi) is 5.36. The standard InChI is InChI=1S/C14H17FN4OS2/c1-14(2,3)17-11(20)8-21-13-19-18-12(22-13)16-10-6-4-5-9(15)7-10/h4-7H,8H2,1-3H3,(H,16,18)(H,17,20). The number of rotatable bonds is 5. The monoisotopic (exact) mass is 340 g/mol. The van der Waals surface area contributed by atoms with Crippen molar-refractivity contribution in [3.63, 3.8) is 0 Å².